The average molecular weight is 438 g/mol. The number of rotatable bonds is 4. The van der Waals surface area contributed by atoms with Gasteiger partial charge in [-0.1, -0.05) is 41.6 Å². The van der Waals surface area contributed by atoms with Crippen LogP contribution >= 0.6 is 0 Å². The van der Waals surface area contributed by atoms with Crippen LogP contribution in [0.3, 0.4) is 0 Å². The number of aryl methyl sites for hydroxylation is 2. The molecule has 5 rings (SSSR count). The van der Waals surface area contributed by atoms with E-state index in [1.54, 1.807) is 24.4 Å². The Hall–Kier alpha value is -4.18. The van der Waals surface area contributed by atoms with Crippen LogP contribution < -0.4 is 0 Å². The third-order valence-corrected chi connectivity index (χ3v) is 6.38. The first-order chi connectivity index (χ1) is 16.1. The molecule has 1 aliphatic rings. The predicted molar refractivity (Wildman–Crippen MR) is 126 cm³/mol. The van der Waals surface area contributed by atoms with Crippen LogP contribution in [0.2, 0.25) is 0 Å². The summed E-state index contributed by atoms with van der Waals surface area (Å²) in [6.45, 7) is 9.86. The summed E-state index contributed by atoms with van der Waals surface area (Å²) in [6, 6.07) is 14.7. The molecule has 0 aliphatic heterocycles. The van der Waals surface area contributed by atoms with Crippen LogP contribution in [-0.2, 0) is 24.9 Å². The van der Waals surface area contributed by atoms with E-state index >= 15 is 0 Å². The van der Waals surface area contributed by atoms with Crippen molar-refractivity contribution in [3.8, 4) is 0 Å². The summed E-state index contributed by atoms with van der Waals surface area (Å²) < 4.78 is 4.32. The Labute approximate surface area is 191 Å². The Morgan fingerprint density at radius 2 is 2.12 bits per heavy atom. The second-order valence-corrected chi connectivity index (χ2v) is 8.28. The maximum atomic E-state index is 12.8. The summed E-state index contributed by atoms with van der Waals surface area (Å²) in [5.74, 6) is 0.433. The molecule has 0 bridgehead atoms. The number of nitrogens with zero attached hydrogens (tertiary/aromatic N) is 5. The van der Waals surface area contributed by atoms with Gasteiger partial charge in [-0.25, -0.2) is 14.6 Å². The van der Waals surface area contributed by atoms with Crippen LogP contribution in [0.4, 0.5) is 5.69 Å². The molecule has 0 saturated heterocycles. The maximum Gasteiger partial charge on any atom is 0.364 e. The van der Waals surface area contributed by atoms with Gasteiger partial charge in [-0.2, -0.15) is 0 Å². The van der Waals surface area contributed by atoms with Gasteiger partial charge < -0.3 is 14.0 Å². The molecule has 0 fully saturated rings. The molecule has 2 aromatic carbocycles. The zero-order valence-electron chi connectivity index (χ0n) is 18.5. The van der Waals surface area contributed by atoms with Gasteiger partial charge in [-0.15, -0.1) is 0 Å². The Balaban J connectivity index is 1.57. The quantitative estimate of drug-likeness (QED) is 0.255. The molecule has 0 saturated carbocycles. The summed E-state index contributed by atoms with van der Waals surface area (Å²) >= 11 is 0. The van der Waals surface area contributed by atoms with Gasteiger partial charge in [0.1, 0.15) is 5.82 Å². The molecule has 0 N–H and O–H groups in total. The van der Waals surface area contributed by atoms with Crippen LogP contribution in [0.1, 0.15) is 33.9 Å². The molecule has 7 nitrogen and oxygen atoms in total. The van der Waals surface area contributed by atoms with Crippen molar-refractivity contribution in [2.45, 2.75) is 26.3 Å². The molecule has 1 unspecified atom stereocenters. The summed E-state index contributed by atoms with van der Waals surface area (Å²) in [6.07, 6.45) is 5.56. The number of imidazole rings is 1. The van der Waals surface area contributed by atoms with Gasteiger partial charge >= 0.3 is 5.97 Å². The van der Waals surface area contributed by atoms with Crippen LogP contribution in [0.25, 0.3) is 15.7 Å². The molecule has 2 aromatic heterocycles. The van der Waals surface area contributed by atoms with Gasteiger partial charge in [0.05, 0.1) is 17.8 Å². The number of aromatic nitrogens is 3. The van der Waals surface area contributed by atoms with Crippen molar-refractivity contribution in [3.63, 3.8) is 0 Å². The van der Waals surface area contributed by atoms with Crippen molar-refractivity contribution in [3.05, 3.63) is 95.0 Å². The van der Waals surface area contributed by atoms with E-state index in [4.69, 9.17) is 11.4 Å². The number of oxime groups is 1. The third kappa shape index (κ3) is 3.70. The standard InChI is InChI=1S/C26H23N5O2/c1-17-28-13-14-31(17)16-19-11-12-23-24(21-9-4-5-10-22(21)30(23)3)25(19)29-33-26(32)18-7-6-8-20(15-18)27-2/h4-10,13-15,19H,11-12,16H2,1,3H3. The summed E-state index contributed by atoms with van der Waals surface area (Å²) in [5.41, 5.74) is 4.84. The highest BCUT2D eigenvalue weighted by molar-refractivity contribution is 6.14. The Kier molecular flexibility index (Phi) is 5.27. The van der Waals surface area contributed by atoms with Gasteiger partial charge in [-0.3, -0.25) is 0 Å². The Morgan fingerprint density at radius 3 is 2.91 bits per heavy atom. The van der Waals surface area contributed by atoms with Crippen LogP contribution in [0.5, 0.6) is 0 Å². The smallest absolute Gasteiger partial charge is 0.347 e. The van der Waals surface area contributed by atoms with Gasteiger partial charge in [0.2, 0.25) is 0 Å². The number of hydrogen-bond acceptors (Lipinski definition) is 4. The van der Waals surface area contributed by atoms with E-state index in [0.29, 0.717) is 17.8 Å². The zero-order valence-corrected chi connectivity index (χ0v) is 18.5. The molecule has 1 aliphatic carbocycles. The van der Waals surface area contributed by atoms with Gasteiger partial charge in [0.25, 0.3) is 0 Å². The van der Waals surface area contributed by atoms with E-state index in [1.165, 1.54) is 11.8 Å². The highest BCUT2D eigenvalue weighted by Crippen LogP contribution is 2.35. The highest BCUT2D eigenvalue weighted by Gasteiger charge is 2.32. The predicted octanol–water partition coefficient (Wildman–Crippen LogP) is 5.06. The van der Waals surface area contributed by atoms with Gasteiger partial charge in [0.15, 0.2) is 5.69 Å². The number of carbonyl (C=O) groups is 1. The summed E-state index contributed by atoms with van der Waals surface area (Å²) in [7, 11) is 2.07. The van der Waals surface area contributed by atoms with Crippen molar-refractivity contribution in [2.24, 2.45) is 18.1 Å². The summed E-state index contributed by atoms with van der Waals surface area (Å²) in [4.78, 5) is 26.0. The van der Waals surface area contributed by atoms with Crippen LogP contribution in [0, 0.1) is 19.4 Å². The van der Waals surface area contributed by atoms with E-state index in [1.807, 2.05) is 25.3 Å². The van der Waals surface area contributed by atoms with Crippen molar-refractivity contribution in [1.82, 2.24) is 14.1 Å². The zero-order chi connectivity index (χ0) is 22.9. The highest BCUT2D eigenvalue weighted by atomic mass is 16.7. The molecule has 0 radical (unpaired) electrons. The van der Waals surface area contributed by atoms with Crippen molar-refractivity contribution in [2.75, 3.05) is 0 Å². The second-order valence-electron chi connectivity index (χ2n) is 8.28. The minimum atomic E-state index is -0.571. The fraction of sp³-hybridized carbons (Fsp3) is 0.231. The largest absolute Gasteiger partial charge is 0.364 e. The minimum Gasteiger partial charge on any atom is -0.347 e. The normalized spacial score (nSPS) is 16.5. The molecule has 33 heavy (non-hydrogen) atoms. The number of fused-ring (bicyclic) bond motifs is 3. The van der Waals surface area contributed by atoms with Crippen LogP contribution in [0.15, 0.2) is 66.1 Å². The Bertz CT molecular complexity index is 1440. The number of carbonyl (C=O) groups excluding carboxylic acids is 1. The first kappa shape index (κ1) is 20.7. The van der Waals surface area contributed by atoms with Gasteiger partial charge in [0, 0.05) is 54.1 Å². The lowest BCUT2D eigenvalue weighted by Gasteiger charge is -2.25. The number of hydrogen-bond donors (Lipinski definition) is 0. The second kappa shape index (κ2) is 8.40. The molecule has 1 atom stereocenters. The van der Waals surface area contributed by atoms with Gasteiger partial charge in [-0.05, 0) is 31.9 Å². The maximum absolute atomic E-state index is 12.8. The molecular weight excluding hydrogens is 414 g/mol. The number of para-hydroxylation sites is 1. The topological polar surface area (TPSA) is 65.8 Å². The fourth-order valence-corrected chi connectivity index (χ4v) is 4.65. The first-order valence-corrected chi connectivity index (χ1v) is 10.9. The SMILES string of the molecule is [C-]#[N+]c1cccc(C(=O)ON=C2c3c(n(C)c4ccccc34)CCC2Cn2ccnc2C)c1. The van der Waals surface area contributed by atoms with Crippen LogP contribution in [-0.4, -0.2) is 25.8 Å². The lowest BCUT2D eigenvalue weighted by Crippen LogP contribution is -2.28. The number of benzene rings is 2. The van der Waals surface area contributed by atoms with Crippen molar-refractivity contribution in [1.29, 1.82) is 0 Å². The average Bonchev–Trinajstić information content (AvgIpc) is 3.38. The molecular formula is C26H23N5O2. The fourth-order valence-electron chi connectivity index (χ4n) is 4.65. The Morgan fingerprint density at radius 1 is 1.27 bits per heavy atom. The first-order valence-electron chi connectivity index (χ1n) is 10.9. The monoisotopic (exact) mass is 437 g/mol. The molecule has 4 aromatic rings. The minimum absolute atomic E-state index is 0.0681. The van der Waals surface area contributed by atoms with E-state index in [9.17, 15) is 4.79 Å². The molecule has 2 heterocycles. The van der Waals surface area contributed by atoms with E-state index in [0.717, 1.165) is 40.8 Å². The summed E-state index contributed by atoms with van der Waals surface area (Å²) in [5, 5.41) is 5.56. The lowest BCUT2D eigenvalue weighted by molar-refractivity contribution is 0.0513. The van der Waals surface area contributed by atoms with E-state index in [2.05, 4.69) is 43.3 Å². The van der Waals surface area contributed by atoms with E-state index < -0.39 is 5.97 Å². The molecule has 7 heteroatoms. The van der Waals surface area contributed by atoms with Crippen molar-refractivity contribution >= 4 is 28.3 Å². The molecule has 0 amide bonds. The molecule has 0 spiro atoms. The van der Waals surface area contributed by atoms with Crippen molar-refractivity contribution < 1.29 is 9.63 Å². The van der Waals surface area contributed by atoms with E-state index in [-0.39, 0.29) is 5.92 Å². The third-order valence-electron chi connectivity index (χ3n) is 6.38. The lowest BCUT2D eigenvalue weighted by atomic mass is 9.84. The molecule has 164 valence electrons.